The molecule has 20 heavy (non-hydrogen) atoms. The van der Waals surface area contributed by atoms with Crippen molar-refractivity contribution in [2.75, 3.05) is 29.5 Å². The fourth-order valence-corrected chi connectivity index (χ4v) is 3.47. The molecule has 2 heterocycles. The van der Waals surface area contributed by atoms with Crippen LogP contribution in [0, 0.1) is 6.92 Å². The Hall–Kier alpha value is -0.970. The van der Waals surface area contributed by atoms with Crippen LogP contribution in [0.4, 0.5) is 11.6 Å². The molecule has 4 nitrogen and oxygen atoms in total. The maximum atomic E-state index is 6.11. The van der Waals surface area contributed by atoms with E-state index in [1.807, 2.05) is 18.7 Å². The van der Waals surface area contributed by atoms with Crippen LogP contribution in [0.5, 0.6) is 0 Å². The Morgan fingerprint density at radius 2 is 1.90 bits per heavy atom. The number of hydrogen-bond acceptors (Lipinski definition) is 5. The Morgan fingerprint density at radius 1 is 1.25 bits per heavy atom. The van der Waals surface area contributed by atoms with E-state index in [9.17, 15) is 0 Å². The normalized spacial score (nSPS) is 19.2. The second-order valence-corrected chi connectivity index (χ2v) is 8.96. The zero-order valence-corrected chi connectivity index (χ0v) is 14.3. The molecule has 0 amide bonds. The summed E-state index contributed by atoms with van der Waals surface area (Å²) in [5.41, 5.74) is 7.02. The standard InChI is InChI=1S/C15H26N4S/c1-10-11(16)17-13(14(2,3)4)18-12(10)19-7-8-20-15(5,6)9-19/h7-9H2,1-6H3,(H2,16,17,18). The fourth-order valence-electron chi connectivity index (χ4n) is 2.36. The third-order valence-corrected chi connectivity index (χ3v) is 4.85. The first-order valence-electron chi connectivity index (χ1n) is 7.14. The van der Waals surface area contributed by atoms with Crippen molar-refractivity contribution in [3.8, 4) is 0 Å². The van der Waals surface area contributed by atoms with Crippen LogP contribution in [-0.2, 0) is 5.41 Å². The number of aromatic nitrogens is 2. The first kappa shape index (κ1) is 15.4. The van der Waals surface area contributed by atoms with Gasteiger partial charge >= 0.3 is 0 Å². The van der Waals surface area contributed by atoms with Gasteiger partial charge in [0.25, 0.3) is 0 Å². The van der Waals surface area contributed by atoms with Gasteiger partial charge in [0.2, 0.25) is 0 Å². The maximum absolute atomic E-state index is 6.11. The van der Waals surface area contributed by atoms with Crippen LogP contribution < -0.4 is 10.6 Å². The molecule has 0 atom stereocenters. The summed E-state index contributed by atoms with van der Waals surface area (Å²) in [4.78, 5) is 11.7. The van der Waals surface area contributed by atoms with Crippen molar-refractivity contribution < 1.29 is 0 Å². The molecule has 1 aromatic rings. The van der Waals surface area contributed by atoms with Crippen molar-refractivity contribution in [3.63, 3.8) is 0 Å². The van der Waals surface area contributed by atoms with E-state index in [2.05, 4.69) is 44.5 Å². The van der Waals surface area contributed by atoms with Crippen LogP contribution in [0.1, 0.15) is 46.0 Å². The summed E-state index contributed by atoms with van der Waals surface area (Å²) in [5, 5.41) is 0. The zero-order valence-electron chi connectivity index (χ0n) is 13.4. The summed E-state index contributed by atoms with van der Waals surface area (Å²) >= 11 is 2.02. The summed E-state index contributed by atoms with van der Waals surface area (Å²) in [5.74, 6) is 3.57. The quantitative estimate of drug-likeness (QED) is 0.863. The second kappa shape index (κ2) is 5.10. The van der Waals surface area contributed by atoms with Gasteiger partial charge in [0.05, 0.1) is 0 Å². The van der Waals surface area contributed by atoms with E-state index >= 15 is 0 Å². The highest BCUT2D eigenvalue weighted by Crippen LogP contribution is 2.34. The Morgan fingerprint density at radius 3 is 2.45 bits per heavy atom. The summed E-state index contributed by atoms with van der Waals surface area (Å²) in [6.45, 7) is 15.0. The van der Waals surface area contributed by atoms with Crippen molar-refractivity contribution in [1.29, 1.82) is 0 Å². The van der Waals surface area contributed by atoms with E-state index in [4.69, 9.17) is 10.7 Å². The van der Waals surface area contributed by atoms with Crippen LogP contribution in [-0.4, -0.2) is 33.6 Å². The van der Waals surface area contributed by atoms with Gasteiger partial charge in [0.15, 0.2) is 0 Å². The lowest BCUT2D eigenvalue weighted by Gasteiger charge is -2.39. The van der Waals surface area contributed by atoms with Gasteiger partial charge in [0.1, 0.15) is 17.5 Å². The van der Waals surface area contributed by atoms with Gasteiger partial charge in [-0.3, -0.25) is 0 Å². The lowest BCUT2D eigenvalue weighted by Crippen LogP contribution is -2.44. The molecule has 1 aromatic heterocycles. The molecule has 0 aromatic carbocycles. The highest BCUT2D eigenvalue weighted by Gasteiger charge is 2.30. The van der Waals surface area contributed by atoms with E-state index in [1.165, 1.54) is 0 Å². The zero-order chi connectivity index (χ0) is 15.1. The van der Waals surface area contributed by atoms with Crippen LogP contribution >= 0.6 is 11.8 Å². The minimum atomic E-state index is -0.0867. The van der Waals surface area contributed by atoms with Gasteiger partial charge in [-0.25, -0.2) is 9.97 Å². The monoisotopic (exact) mass is 294 g/mol. The minimum Gasteiger partial charge on any atom is -0.383 e. The van der Waals surface area contributed by atoms with Gasteiger partial charge in [-0.1, -0.05) is 20.8 Å². The molecule has 0 unspecified atom stereocenters. The average Bonchev–Trinajstić information content (AvgIpc) is 2.29. The van der Waals surface area contributed by atoms with E-state index in [-0.39, 0.29) is 10.2 Å². The van der Waals surface area contributed by atoms with Gasteiger partial charge in [-0.2, -0.15) is 11.8 Å². The number of hydrogen-bond donors (Lipinski definition) is 1. The van der Waals surface area contributed by atoms with Gasteiger partial charge in [0, 0.05) is 34.6 Å². The molecule has 1 aliphatic rings. The number of thioether (sulfide) groups is 1. The molecule has 0 spiro atoms. The van der Waals surface area contributed by atoms with E-state index in [1.54, 1.807) is 0 Å². The van der Waals surface area contributed by atoms with Crippen LogP contribution in [0.2, 0.25) is 0 Å². The predicted octanol–water partition coefficient (Wildman–Crippen LogP) is 3.00. The third-order valence-electron chi connectivity index (χ3n) is 3.55. The first-order chi connectivity index (χ1) is 9.10. The Bertz CT molecular complexity index is 505. The Labute approximate surface area is 126 Å². The molecule has 2 rings (SSSR count). The highest BCUT2D eigenvalue weighted by atomic mass is 32.2. The summed E-state index contributed by atoms with van der Waals surface area (Å²) in [6, 6.07) is 0. The fraction of sp³-hybridized carbons (Fsp3) is 0.733. The van der Waals surface area contributed by atoms with Crippen molar-refractivity contribution in [1.82, 2.24) is 9.97 Å². The number of rotatable bonds is 1. The van der Waals surface area contributed by atoms with Gasteiger partial charge < -0.3 is 10.6 Å². The topological polar surface area (TPSA) is 55.0 Å². The molecule has 0 radical (unpaired) electrons. The van der Waals surface area contributed by atoms with E-state index in [0.717, 1.165) is 36.0 Å². The highest BCUT2D eigenvalue weighted by molar-refractivity contribution is 8.00. The lowest BCUT2D eigenvalue weighted by atomic mass is 9.95. The Balaban J connectivity index is 2.43. The van der Waals surface area contributed by atoms with Crippen LogP contribution in [0.3, 0.4) is 0 Å². The minimum absolute atomic E-state index is 0.0867. The summed E-state index contributed by atoms with van der Waals surface area (Å²) < 4.78 is 0.256. The third kappa shape index (κ3) is 3.19. The molecule has 1 aliphatic heterocycles. The van der Waals surface area contributed by atoms with Crippen LogP contribution in [0.25, 0.3) is 0 Å². The van der Waals surface area contributed by atoms with Crippen molar-refractivity contribution in [2.45, 2.75) is 51.7 Å². The van der Waals surface area contributed by atoms with Crippen molar-refractivity contribution in [2.24, 2.45) is 0 Å². The Kier molecular flexibility index (Phi) is 3.93. The molecule has 0 saturated carbocycles. The van der Waals surface area contributed by atoms with E-state index in [0.29, 0.717) is 5.82 Å². The number of nitrogens with two attached hydrogens (primary N) is 1. The van der Waals surface area contributed by atoms with E-state index < -0.39 is 0 Å². The first-order valence-corrected chi connectivity index (χ1v) is 8.12. The number of anilines is 2. The summed E-state index contributed by atoms with van der Waals surface area (Å²) in [7, 11) is 0. The molecule has 112 valence electrons. The SMILES string of the molecule is Cc1c(N)nc(C(C)(C)C)nc1N1CCSC(C)(C)C1. The van der Waals surface area contributed by atoms with Crippen molar-refractivity contribution in [3.05, 3.63) is 11.4 Å². The predicted molar refractivity (Wildman–Crippen MR) is 88.6 cm³/mol. The molecule has 1 saturated heterocycles. The second-order valence-electron chi connectivity index (χ2n) is 7.16. The molecule has 2 N–H and O–H groups in total. The lowest BCUT2D eigenvalue weighted by molar-refractivity contribution is 0.542. The van der Waals surface area contributed by atoms with Crippen molar-refractivity contribution >= 4 is 23.4 Å². The average molecular weight is 294 g/mol. The molecule has 5 heteroatoms. The molecule has 1 fully saturated rings. The smallest absolute Gasteiger partial charge is 0.138 e. The number of nitrogen functional groups attached to an aromatic ring is 1. The maximum Gasteiger partial charge on any atom is 0.138 e. The van der Waals surface area contributed by atoms with Gasteiger partial charge in [-0.15, -0.1) is 0 Å². The molecule has 0 bridgehead atoms. The number of nitrogens with zero attached hydrogens (tertiary/aromatic N) is 3. The van der Waals surface area contributed by atoms with Crippen LogP contribution in [0.15, 0.2) is 0 Å². The summed E-state index contributed by atoms with van der Waals surface area (Å²) in [6.07, 6.45) is 0. The molecular formula is C15H26N4S. The largest absolute Gasteiger partial charge is 0.383 e. The molecule has 0 aliphatic carbocycles. The van der Waals surface area contributed by atoms with Gasteiger partial charge in [-0.05, 0) is 20.8 Å². The molecular weight excluding hydrogens is 268 g/mol.